The molecule has 0 spiro atoms. The number of nitrogens with zero attached hydrogens (tertiary/aromatic N) is 2. The van der Waals surface area contributed by atoms with Crippen LogP contribution in [0.5, 0.6) is 0 Å². The molecule has 0 aromatic carbocycles. The van der Waals surface area contributed by atoms with Gasteiger partial charge in [0.15, 0.2) is 5.43 Å². The van der Waals surface area contributed by atoms with E-state index in [9.17, 15) is 9.59 Å². The van der Waals surface area contributed by atoms with Crippen LogP contribution < -0.4 is 10.7 Å². The van der Waals surface area contributed by atoms with Crippen molar-refractivity contribution in [3.05, 3.63) is 33.2 Å². The first-order chi connectivity index (χ1) is 13.1. The van der Waals surface area contributed by atoms with Gasteiger partial charge in [-0.3, -0.25) is 14.5 Å². The van der Waals surface area contributed by atoms with Crippen molar-refractivity contribution in [3.63, 3.8) is 0 Å². The second kappa shape index (κ2) is 9.51. The van der Waals surface area contributed by atoms with Crippen molar-refractivity contribution in [3.8, 4) is 0 Å². The van der Waals surface area contributed by atoms with Crippen molar-refractivity contribution in [2.45, 2.75) is 45.4 Å². The molecule has 2 fully saturated rings. The topological polar surface area (TPSA) is 63.6 Å². The number of ether oxygens (including phenoxy) is 1. The molecular formula is C21H33N3O3. The maximum atomic E-state index is 12.8. The fourth-order valence-corrected chi connectivity index (χ4v) is 4.27. The molecule has 0 radical (unpaired) electrons. The van der Waals surface area contributed by atoms with Gasteiger partial charge in [0, 0.05) is 44.1 Å². The van der Waals surface area contributed by atoms with Gasteiger partial charge in [0.2, 0.25) is 0 Å². The molecular weight excluding hydrogens is 342 g/mol. The summed E-state index contributed by atoms with van der Waals surface area (Å²) in [5, 5.41) is 2.98. The van der Waals surface area contributed by atoms with Gasteiger partial charge in [-0.25, -0.2) is 0 Å². The minimum absolute atomic E-state index is 0.149. The third kappa shape index (κ3) is 5.20. The minimum Gasteiger partial charge on any atom is -0.379 e. The number of aromatic nitrogens is 1. The Labute approximate surface area is 161 Å². The summed E-state index contributed by atoms with van der Waals surface area (Å²) >= 11 is 0. The van der Waals surface area contributed by atoms with Crippen LogP contribution in [0.1, 0.15) is 53.8 Å². The molecule has 1 saturated heterocycles. The summed E-state index contributed by atoms with van der Waals surface area (Å²) in [7, 11) is 1.97. The van der Waals surface area contributed by atoms with E-state index in [0.717, 1.165) is 57.1 Å². The summed E-state index contributed by atoms with van der Waals surface area (Å²) in [5.41, 5.74) is 2.01. The van der Waals surface area contributed by atoms with Gasteiger partial charge in [-0.15, -0.1) is 0 Å². The van der Waals surface area contributed by atoms with Crippen LogP contribution in [0, 0.1) is 12.8 Å². The van der Waals surface area contributed by atoms with E-state index in [0.29, 0.717) is 18.0 Å². The van der Waals surface area contributed by atoms with Crippen molar-refractivity contribution in [1.82, 2.24) is 14.8 Å². The van der Waals surface area contributed by atoms with Crippen LogP contribution in [-0.4, -0.2) is 54.8 Å². The smallest absolute Gasteiger partial charge is 0.257 e. The Bertz CT molecular complexity index is 701. The molecule has 1 aromatic heterocycles. The first-order valence-corrected chi connectivity index (χ1v) is 10.3. The largest absolute Gasteiger partial charge is 0.379 e. The molecule has 1 N–H and O–H groups in total. The second-order valence-corrected chi connectivity index (χ2v) is 7.95. The normalized spacial score (nSPS) is 18.7. The SMILES string of the molecule is Cc1cc(=O)c(C(=O)NCCCN2CCOCC2)c(CC2CCCC2)n1C. The van der Waals surface area contributed by atoms with Crippen LogP contribution in [0.25, 0.3) is 0 Å². The molecule has 0 unspecified atom stereocenters. The van der Waals surface area contributed by atoms with Gasteiger partial charge in [-0.1, -0.05) is 25.7 Å². The molecule has 3 rings (SSSR count). The lowest BCUT2D eigenvalue weighted by Crippen LogP contribution is -2.38. The van der Waals surface area contributed by atoms with Gasteiger partial charge in [0.25, 0.3) is 5.91 Å². The number of nitrogens with one attached hydrogen (secondary N) is 1. The van der Waals surface area contributed by atoms with Gasteiger partial charge < -0.3 is 14.6 Å². The minimum atomic E-state index is -0.217. The average molecular weight is 376 g/mol. The number of hydrogen-bond donors (Lipinski definition) is 1. The number of amides is 1. The first kappa shape index (κ1) is 20.1. The van der Waals surface area contributed by atoms with E-state index >= 15 is 0 Å². The Morgan fingerprint density at radius 1 is 1.26 bits per heavy atom. The number of carbonyl (C=O) groups is 1. The van der Waals surface area contributed by atoms with Crippen LogP contribution in [0.2, 0.25) is 0 Å². The molecule has 1 saturated carbocycles. The summed E-state index contributed by atoms with van der Waals surface area (Å²) in [6.45, 7) is 6.96. The zero-order valence-corrected chi connectivity index (χ0v) is 16.8. The number of rotatable bonds is 7. The number of morpholine rings is 1. The number of aryl methyl sites for hydroxylation is 1. The van der Waals surface area contributed by atoms with Crippen LogP contribution >= 0.6 is 0 Å². The molecule has 150 valence electrons. The van der Waals surface area contributed by atoms with Gasteiger partial charge >= 0.3 is 0 Å². The van der Waals surface area contributed by atoms with E-state index in [-0.39, 0.29) is 11.3 Å². The number of carbonyl (C=O) groups excluding carboxylic acids is 1. The van der Waals surface area contributed by atoms with Crippen molar-refractivity contribution in [1.29, 1.82) is 0 Å². The quantitative estimate of drug-likeness (QED) is 0.739. The summed E-state index contributed by atoms with van der Waals surface area (Å²) in [6, 6.07) is 1.58. The summed E-state index contributed by atoms with van der Waals surface area (Å²) in [4.78, 5) is 27.8. The van der Waals surface area contributed by atoms with Crippen LogP contribution in [-0.2, 0) is 18.2 Å². The monoisotopic (exact) mass is 375 g/mol. The molecule has 6 heteroatoms. The fraction of sp³-hybridized carbons (Fsp3) is 0.714. The fourth-order valence-electron chi connectivity index (χ4n) is 4.27. The predicted molar refractivity (Wildman–Crippen MR) is 106 cm³/mol. The van der Waals surface area contributed by atoms with Crippen LogP contribution in [0.15, 0.2) is 10.9 Å². The molecule has 6 nitrogen and oxygen atoms in total. The van der Waals surface area contributed by atoms with Crippen LogP contribution in [0.3, 0.4) is 0 Å². The van der Waals surface area contributed by atoms with E-state index in [2.05, 4.69) is 10.2 Å². The van der Waals surface area contributed by atoms with Crippen molar-refractivity contribution < 1.29 is 9.53 Å². The van der Waals surface area contributed by atoms with E-state index in [1.807, 2.05) is 18.5 Å². The first-order valence-electron chi connectivity index (χ1n) is 10.3. The van der Waals surface area contributed by atoms with E-state index in [1.165, 1.54) is 25.7 Å². The summed E-state index contributed by atoms with van der Waals surface area (Å²) < 4.78 is 7.39. The third-order valence-corrected chi connectivity index (χ3v) is 6.03. The Hall–Kier alpha value is -1.66. The Kier molecular flexibility index (Phi) is 7.07. The second-order valence-electron chi connectivity index (χ2n) is 7.95. The zero-order chi connectivity index (χ0) is 19.2. The molecule has 2 aliphatic rings. The van der Waals surface area contributed by atoms with Crippen molar-refractivity contribution in [2.75, 3.05) is 39.4 Å². The average Bonchev–Trinajstić information content (AvgIpc) is 3.17. The number of pyridine rings is 1. The van der Waals surface area contributed by atoms with Crippen molar-refractivity contribution in [2.24, 2.45) is 13.0 Å². The predicted octanol–water partition coefficient (Wildman–Crippen LogP) is 1.88. The summed E-state index contributed by atoms with van der Waals surface area (Å²) in [5.74, 6) is 0.371. The molecule has 2 heterocycles. The zero-order valence-electron chi connectivity index (χ0n) is 16.8. The highest BCUT2D eigenvalue weighted by Crippen LogP contribution is 2.28. The highest BCUT2D eigenvalue weighted by atomic mass is 16.5. The molecule has 1 amide bonds. The lowest BCUT2D eigenvalue weighted by Gasteiger charge is -2.26. The van der Waals surface area contributed by atoms with Crippen LogP contribution in [0.4, 0.5) is 0 Å². The highest BCUT2D eigenvalue weighted by Gasteiger charge is 2.23. The van der Waals surface area contributed by atoms with E-state index in [1.54, 1.807) is 6.07 Å². The molecule has 1 aliphatic carbocycles. The highest BCUT2D eigenvalue weighted by molar-refractivity contribution is 5.95. The Balaban J connectivity index is 1.63. The van der Waals surface area contributed by atoms with E-state index < -0.39 is 0 Å². The summed E-state index contributed by atoms with van der Waals surface area (Å²) in [6.07, 6.45) is 6.62. The van der Waals surface area contributed by atoms with Gasteiger partial charge in [0.05, 0.1) is 13.2 Å². The molecule has 0 atom stereocenters. The number of hydrogen-bond acceptors (Lipinski definition) is 4. The molecule has 1 aromatic rings. The van der Waals surface area contributed by atoms with Crippen molar-refractivity contribution >= 4 is 5.91 Å². The van der Waals surface area contributed by atoms with Gasteiger partial charge in [-0.05, 0) is 32.2 Å². The Morgan fingerprint density at radius 2 is 1.96 bits per heavy atom. The van der Waals surface area contributed by atoms with Gasteiger partial charge in [0.1, 0.15) is 5.56 Å². The molecule has 27 heavy (non-hydrogen) atoms. The molecule has 0 bridgehead atoms. The lowest BCUT2D eigenvalue weighted by atomic mass is 9.97. The Morgan fingerprint density at radius 3 is 2.67 bits per heavy atom. The van der Waals surface area contributed by atoms with E-state index in [4.69, 9.17) is 4.74 Å². The maximum Gasteiger partial charge on any atom is 0.257 e. The molecule has 1 aliphatic heterocycles. The standard InChI is InChI=1S/C21H33N3O3/c1-16-14-19(25)20(18(23(16)2)15-17-6-3-4-7-17)21(26)22-8-5-9-24-10-12-27-13-11-24/h14,17H,3-13,15H2,1-2H3,(H,22,26). The van der Waals surface area contributed by atoms with Gasteiger partial charge in [-0.2, -0.15) is 0 Å². The lowest BCUT2D eigenvalue weighted by molar-refractivity contribution is 0.0374. The third-order valence-electron chi connectivity index (χ3n) is 6.03. The maximum absolute atomic E-state index is 12.8.